The van der Waals surface area contributed by atoms with Crippen LogP contribution in [0, 0.1) is 23.6 Å². The second kappa shape index (κ2) is 11.5. The molecule has 3 rings (SSSR count). The number of allylic oxidation sites excluding steroid dienone is 1. The minimum atomic E-state index is -0.481. The number of carbonyl (C=O) groups excluding carboxylic acids is 1. The van der Waals surface area contributed by atoms with Crippen molar-refractivity contribution in [2.24, 2.45) is 17.8 Å². The van der Waals surface area contributed by atoms with Crippen LogP contribution in [-0.4, -0.2) is 30.5 Å². The number of amides is 1. The minimum absolute atomic E-state index is 0.133. The van der Waals surface area contributed by atoms with Gasteiger partial charge in [-0.3, -0.25) is 4.79 Å². The highest BCUT2D eigenvalue weighted by Gasteiger charge is 2.40. The van der Waals surface area contributed by atoms with Crippen LogP contribution in [0.2, 0.25) is 0 Å². The topological polar surface area (TPSA) is 67.8 Å². The molecule has 0 aromatic heterocycles. The monoisotopic (exact) mass is 419 g/mol. The molecule has 1 heterocycles. The highest BCUT2D eigenvalue weighted by molar-refractivity contribution is 5.91. The molecule has 0 spiro atoms. The average molecular weight is 420 g/mol. The predicted molar refractivity (Wildman–Crippen MR) is 113 cm³/mol. The van der Waals surface area contributed by atoms with Crippen LogP contribution >= 0.6 is 0 Å². The Kier molecular flexibility index (Phi) is 8.70. The van der Waals surface area contributed by atoms with Gasteiger partial charge >= 0.3 is 0 Å². The lowest BCUT2D eigenvalue weighted by atomic mass is 9.71. The molecule has 1 fully saturated rings. The molecule has 1 aromatic carbocycles. The van der Waals surface area contributed by atoms with E-state index in [-0.39, 0.29) is 30.2 Å². The number of halogens is 1. The molecule has 6 heteroatoms. The summed E-state index contributed by atoms with van der Waals surface area (Å²) in [5.41, 5.74) is 0.826. The molecule has 1 aliphatic carbocycles. The van der Waals surface area contributed by atoms with Gasteiger partial charge in [0.25, 0.3) is 5.91 Å². The third-order valence-corrected chi connectivity index (χ3v) is 6.24. The summed E-state index contributed by atoms with van der Waals surface area (Å²) >= 11 is 0. The number of hydrogen-bond acceptors (Lipinski definition) is 4. The van der Waals surface area contributed by atoms with Gasteiger partial charge in [0.2, 0.25) is 6.29 Å². The first-order valence-corrected chi connectivity index (χ1v) is 11.3. The Morgan fingerprint density at radius 2 is 1.97 bits per heavy atom. The number of hydrogen-bond donors (Lipinski definition) is 2. The molecule has 1 aromatic rings. The molecule has 3 atom stereocenters. The van der Waals surface area contributed by atoms with Crippen molar-refractivity contribution in [2.45, 2.75) is 64.7 Å². The number of ether oxygens (including phenoxy) is 2. The Labute approximate surface area is 178 Å². The Hall–Kier alpha value is -1.92. The van der Waals surface area contributed by atoms with Crippen molar-refractivity contribution in [3.05, 3.63) is 47.5 Å². The summed E-state index contributed by atoms with van der Waals surface area (Å²) in [6, 6.07) is 6.08. The zero-order chi connectivity index (χ0) is 21.3. The largest absolute Gasteiger partial charge is 0.459 e. The van der Waals surface area contributed by atoms with Gasteiger partial charge in [0.15, 0.2) is 5.76 Å². The SMILES string of the molecule is CCO[C@H]1OC(C(=O)NCc2ccc(F)cc2)=C[C@@H](C2CCCCC2)[C@@H]1CCCO. The van der Waals surface area contributed by atoms with E-state index in [9.17, 15) is 14.3 Å². The Morgan fingerprint density at radius 3 is 2.63 bits per heavy atom. The summed E-state index contributed by atoms with van der Waals surface area (Å²) in [5.74, 6) is 0.584. The molecule has 1 amide bonds. The van der Waals surface area contributed by atoms with Crippen molar-refractivity contribution in [3.8, 4) is 0 Å². The minimum Gasteiger partial charge on any atom is -0.459 e. The second-order valence-corrected chi connectivity index (χ2v) is 8.29. The first-order valence-electron chi connectivity index (χ1n) is 11.3. The molecule has 30 heavy (non-hydrogen) atoms. The Morgan fingerprint density at radius 1 is 1.23 bits per heavy atom. The summed E-state index contributed by atoms with van der Waals surface area (Å²) in [6.07, 6.45) is 9.02. The van der Waals surface area contributed by atoms with E-state index in [1.54, 1.807) is 12.1 Å². The van der Waals surface area contributed by atoms with Gasteiger partial charge in [-0.15, -0.1) is 0 Å². The number of benzene rings is 1. The maximum Gasteiger partial charge on any atom is 0.286 e. The van der Waals surface area contributed by atoms with Crippen molar-refractivity contribution >= 4 is 5.91 Å². The van der Waals surface area contributed by atoms with Crippen LogP contribution in [0.5, 0.6) is 0 Å². The molecular formula is C24H34FNO4. The van der Waals surface area contributed by atoms with Crippen LogP contribution in [0.25, 0.3) is 0 Å². The van der Waals surface area contributed by atoms with Gasteiger partial charge in [-0.25, -0.2) is 4.39 Å². The molecule has 166 valence electrons. The van der Waals surface area contributed by atoms with E-state index >= 15 is 0 Å². The van der Waals surface area contributed by atoms with E-state index in [1.165, 1.54) is 31.4 Å². The van der Waals surface area contributed by atoms with E-state index in [0.717, 1.165) is 24.8 Å². The number of aliphatic hydroxyl groups excluding tert-OH is 1. The summed E-state index contributed by atoms with van der Waals surface area (Å²) in [6.45, 7) is 2.87. The summed E-state index contributed by atoms with van der Waals surface area (Å²) in [4.78, 5) is 12.9. The van der Waals surface area contributed by atoms with Crippen molar-refractivity contribution in [3.63, 3.8) is 0 Å². The fraction of sp³-hybridized carbons (Fsp3) is 0.625. The van der Waals surface area contributed by atoms with Crippen LogP contribution in [0.15, 0.2) is 36.1 Å². The lowest BCUT2D eigenvalue weighted by Gasteiger charge is -2.41. The maximum absolute atomic E-state index is 13.1. The lowest BCUT2D eigenvalue weighted by Crippen LogP contribution is -2.42. The molecule has 0 radical (unpaired) electrons. The quantitative estimate of drug-likeness (QED) is 0.626. The number of aliphatic hydroxyl groups is 1. The molecular weight excluding hydrogens is 385 g/mol. The van der Waals surface area contributed by atoms with Gasteiger partial charge in [0.1, 0.15) is 5.82 Å². The van der Waals surface area contributed by atoms with Gasteiger partial charge in [0.05, 0.1) is 0 Å². The van der Waals surface area contributed by atoms with E-state index in [1.807, 2.05) is 13.0 Å². The lowest BCUT2D eigenvalue weighted by molar-refractivity contribution is -0.177. The Balaban J connectivity index is 1.75. The summed E-state index contributed by atoms with van der Waals surface area (Å²) in [5, 5.41) is 12.2. The van der Waals surface area contributed by atoms with Crippen molar-refractivity contribution in [2.75, 3.05) is 13.2 Å². The van der Waals surface area contributed by atoms with Crippen LogP contribution in [0.3, 0.4) is 0 Å². The average Bonchev–Trinajstić information content (AvgIpc) is 2.78. The van der Waals surface area contributed by atoms with E-state index in [4.69, 9.17) is 9.47 Å². The fourth-order valence-electron chi connectivity index (χ4n) is 4.71. The van der Waals surface area contributed by atoms with Crippen LogP contribution in [0.1, 0.15) is 57.4 Å². The number of nitrogens with one attached hydrogen (secondary N) is 1. The number of rotatable bonds is 9. The zero-order valence-electron chi connectivity index (χ0n) is 17.8. The fourth-order valence-corrected chi connectivity index (χ4v) is 4.71. The van der Waals surface area contributed by atoms with Gasteiger partial charge in [-0.05, 0) is 68.2 Å². The first-order chi connectivity index (χ1) is 14.6. The molecule has 0 unspecified atom stereocenters. The molecule has 5 nitrogen and oxygen atoms in total. The van der Waals surface area contributed by atoms with E-state index in [2.05, 4.69) is 5.32 Å². The molecule has 1 aliphatic heterocycles. The molecule has 0 saturated heterocycles. The highest BCUT2D eigenvalue weighted by atomic mass is 19.1. The van der Waals surface area contributed by atoms with Crippen LogP contribution in [0.4, 0.5) is 4.39 Å². The molecule has 0 bridgehead atoms. The van der Waals surface area contributed by atoms with Gasteiger partial charge in [-0.1, -0.05) is 31.4 Å². The third kappa shape index (κ3) is 6.05. The first kappa shape index (κ1) is 22.8. The Bertz CT molecular complexity index is 700. The van der Waals surface area contributed by atoms with Crippen molar-refractivity contribution < 1.29 is 23.8 Å². The predicted octanol–water partition coefficient (Wildman–Crippen LogP) is 4.30. The molecule has 2 aliphatic rings. The van der Waals surface area contributed by atoms with E-state index < -0.39 is 6.29 Å². The van der Waals surface area contributed by atoms with Gasteiger partial charge < -0.3 is 19.9 Å². The maximum atomic E-state index is 13.1. The van der Waals surface area contributed by atoms with Crippen LogP contribution in [-0.2, 0) is 20.8 Å². The zero-order valence-corrected chi connectivity index (χ0v) is 17.8. The molecule has 2 N–H and O–H groups in total. The second-order valence-electron chi connectivity index (χ2n) is 8.29. The van der Waals surface area contributed by atoms with Crippen LogP contribution < -0.4 is 5.32 Å². The summed E-state index contributed by atoms with van der Waals surface area (Å²) in [7, 11) is 0. The van der Waals surface area contributed by atoms with E-state index in [0.29, 0.717) is 31.2 Å². The summed E-state index contributed by atoms with van der Waals surface area (Å²) < 4.78 is 25.0. The normalized spacial score (nSPS) is 24.8. The van der Waals surface area contributed by atoms with Gasteiger partial charge in [0, 0.05) is 25.7 Å². The number of carbonyl (C=O) groups is 1. The van der Waals surface area contributed by atoms with Crippen molar-refractivity contribution in [1.82, 2.24) is 5.32 Å². The smallest absolute Gasteiger partial charge is 0.286 e. The van der Waals surface area contributed by atoms with Crippen molar-refractivity contribution in [1.29, 1.82) is 0 Å². The highest BCUT2D eigenvalue weighted by Crippen LogP contribution is 2.42. The standard InChI is InChI=1S/C24H34FNO4/c1-2-29-24-20(9-6-14-27)21(18-7-4-3-5-8-18)15-22(30-24)23(28)26-16-17-10-12-19(25)13-11-17/h10-13,15,18,20-21,24,27H,2-9,14,16H2,1H3,(H,26,28)/t20-,21-,24-/m0/s1. The third-order valence-electron chi connectivity index (χ3n) is 6.24. The van der Waals surface area contributed by atoms with Gasteiger partial charge in [-0.2, -0.15) is 0 Å². The molecule has 1 saturated carbocycles.